The number of fused-ring (bicyclic) bond motifs is 3. The molecule has 0 saturated carbocycles. The lowest BCUT2D eigenvalue weighted by atomic mass is 9.71. The summed E-state index contributed by atoms with van der Waals surface area (Å²) in [6.07, 6.45) is 3.30. The van der Waals surface area contributed by atoms with Crippen LogP contribution in [-0.2, 0) is 24.1 Å². The number of hydrogen-bond donors (Lipinski definition) is 1. The van der Waals surface area contributed by atoms with E-state index in [0.29, 0.717) is 23.4 Å². The number of benzene rings is 1. The first-order chi connectivity index (χ1) is 11.4. The van der Waals surface area contributed by atoms with Gasteiger partial charge in [0, 0.05) is 24.2 Å². The number of carbonyl (C=O) groups is 1. The first kappa shape index (κ1) is 17.0. The van der Waals surface area contributed by atoms with E-state index in [0.717, 1.165) is 24.9 Å². The van der Waals surface area contributed by atoms with Crippen molar-refractivity contribution in [1.29, 1.82) is 0 Å². The highest BCUT2D eigenvalue weighted by Crippen LogP contribution is 2.41. The minimum absolute atomic E-state index is 0.277. The van der Waals surface area contributed by atoms with Gasteiger partial charge in [-0.2, -0.15) is 0 Å². The molecule has 1 aliphatic carbocycles. The summed E-state index contributed by atoms with van der Waals surface area (Å²) in [4.78, 5) is 12.3. The standard InChI is InChI=1S/C20H28N2O2/c1-20(2,3)13-8-9-17-16(12-13)14-6-5-7-15(19(23)24-4)18(14)22(17)11-10-21/h5-7,13H,8-12,21H2,1-4H3. The van der Waals surface area contributed by atoms with Crippen molar-refractivity contribution >= 4 is 16.9 Å². The molecule has 1 atom stereocenters. The van der Waals surface area contributed by atoms with Crippen molar-refractivity contribution in [2.45, 2.75) is 46.6 Å². The molecule has 1 aromatic heterocycles. The van der Waals surface area contributed by atoms with E-state index < -0.39 is 0 Å². The SMILES string of the molecule is COC(=O)c1cccc2c3c(n(CCN)c12)CCC(C(C)(C)C)C3. The molecule has 4 nitrogen and oxygen atoms in total. The molecule has 2 aromatic rings. The highest BCUT2D eigenvalue weighted by molar-refractivity contribution is 6.04. The summed E-state index contributed by atoms with van der Waals surface area (Å²) < 4.78 is 7.26. The molecule has 0 fully saturated rings. The van der Waals surface area contributed by atoms with Gasteiger partial charge < -0.3 is 15.0 Å². The number of methoxy groups -OCH3 is 1. The van der Waals surface area contributed by atoms with Crippen LogP contribution in [0.25, 0.3) is 10.9 Å². The van der Waals surface area contributed by atoms with Crippen LogP contribution in [0.1, 0.15) is 48.8 Å². The van der Waals surface area contributed by atoms with Crippen LogP contribution in [0, 0.1) is 11.3 Å². The van der Waals surface area contributed by atoms with Gasteiger partial charge in [0.15, 0.2) is 0 Å². The zero-order chi connectivity index (χ0) is 17.5. The lowest BCUT2D eigenvalue weighted by Crippen LogP contribution is -2.27. The number of carbonyl (C=O) groups excluding carboxylic acids is 1. The second-order valence-corrected chi connectivity index (χ2v) is 7.86. The molecular formula is C20H28N2O2. The van der Waals surface area contributed by atoms with Gasteiger partial charge in [0.25, 0.3) is 0 Å². The first-order valence-electron chi connectivity index (χ1n) is 8.79. The smallest absolute Gasteiger partial charge is 0.340 e. The van der Waals surface area contributed by atoms with Gasteiger partial charge in [-0.1, -0.05) is 32.9 Å². The van der Waals surface area contributed by atoms with E-state index in [1.54, 1.807) is 0 Å². The predicted octanol–water partition coefficient (Wildman–Crippen LogP) is 3.54. The fourth-order valence-electron chi connectivity index (χ4n) is 4.09. The Morgan fingerprint density at radius 3 is 2.75 bits per heavy atom. The van der Waals surface area contributed by atoms with Crippen molar-refractivity contribution < 1.29 is 9.53 Å². The lowest BCUT2D eigenvalue weighted by Gasteiger charge is -2.34. The van der Waals surface area contributed by atoms with Gasteiger partial charge in [-0.25, -0.2) is 4.79 Å². The normalized spacial score (nSPS) is 17.8. The van der Waals surface area contributed by atoms with Crippen LogP contribution in [0.2, 0.25) is 0 Å². The summed E-state index contributed by atoms with van der Waals surface area (Å²) in [6.45, 7) is 8.26. The van der Waals surface area contributed by atoms with E-state index in [-0.39, 0.29) is 5.97 Å². The molecular weight excluding hydrogens is 300 g/mol. The Kier molecular flexibility index (Phi) is 4.43. The average Bonchev–Trinajstić information content (AvgIpc) is 2.87. The molecule has 1 aliphatic rings. The summed E-state index contributed by atoms with van der Waals surface area (Å²) in [6, 6.07) is 5.95. The van der Waals surface area contributed by atoms with Crippen LogP contribution in [0.4, 0.5) is 0 Å². The quantitative estimate of drug-likeness (QED) is 0.877. The Morgan fingerprint density at radius 2 is 2.12 bits per heavy atom. The van der Waals surface area contributed by atoms with E-state index >= 15 is 0 Å². The van der Waals surface area contributed by atoms with Gasteiger partial charge in [0.1, 0.15) is 0 Å². The summed E-state index contributed by atoms with van der Waals surface area (Å²) in [5.74, 6) is 0.379. The molecule has 130 valence electrons. The van der Waals surface area contributed by atoms with Crippen molar-refractivity contribution in [1.82, 2.24) is 4.57 Å². The van der Waals surface area contributed by atoms with Crippen LogP contribution < -0.4 is 5.73 Å². The third-order valence-electron chi connectivity index (χ3n) is 5.47. The molecule has 2 N–H and O–H groups in total. The molecule has 0 saturated heterocycles. The molecule has 0 amide bonds. The Morgan fingerprint density at radius 1 is 1.38 bits per heavy atom. The van der Waals surface area contributed by atoms with Crippen molar-refractivity contribution in [2.24, 2.45) is 17.1 Å². The third-order valence-corrected chi connectivity index (χ3v) is 5.47. The third kappa shape index (κ3) is 2.73. The van der Waals surface area contributed by atoms with Gasteiger partial charge in [-0.3, -0.25) is 0 Å². The van der Waals surface area contributed by atoms with Crippen LogP contribution in [0.3, 0.4) is 0 Å². The Bertz CT molecular complexity index is 768. The summed E-state index contributed by atoms with van der Waals surface area (Å²) in [5.41, 5.74) is 10.5. The van der Waals surface area contributed by atoms with Gasteiger partial charge in [0.2, 0.25) is 0 Å². The molecule has 4 heteroatoms. The average molecular weight is 328 g/mol. The van der Waals surface area contributed by atoms with Crippen molar-refractivity contribution in [2.75, 3.05) is 13.7 Å². The minimum atomic E-state index is -0.277. The number of nitrogens with two attached hydrogens (primary N) is 1. The largest absolute Gasteiger partial charge is 0.465 e. The lowest BCUT2D eigenvalue weighted by molar-refractivity contribution is 0.0602. The van der Waals surface area contributed by atoms with Crippen LogP contribution in [-0.4, -0.2) is 24.2 Å². The fourth-order valence-corrected chi connectivity index (χ4v) is 4.09. The number of para-hydroxylation sites is 1. The topological polar surface area (TPSA) is 57.2 Å². The van der Waals surface area contributed by atoms with E-state index in [1.165, 1.54) is 30.2 Å². The highest BCUT2D eigenvalue weighted by atomic mass is 16.5. The van der Waals surface area contributed by atoms with Gasteiger partial charge in [-0.15, -0.1) is 0 Å². The molecule has 3 rings (SSSR count). The van der Waals surface area contributed by atoms with Crippen molar-refractivity contribution in [3.63, 3.8) is 0 Å². The number of hydrogen-bond acceptors (Lipinski definition) is 3. The number of ether oxygens (including phenoxy) is 1. The van der Waals surface area contributed by atoms with Crippen molar-refractivity contribution in [3.05, 3.63) is 35.0 Å². The van der Waals surface area contributed by atoms with E-state index in [1.807, 2.05) is 12.1 Å². The van der Waals surface area contributed by atoms with E-state index in [2.05, 4.69) is 31.4 Å². The van der Waals surface area contributed by atoms with E-state index in [4.69, 9.17) is 10.5 Å². The maximum atomic E-state index is 12.3. The molecule has 1 unspecified atom stereocenters. The highest BCUT2D eigenvalue weighted by Gasteiger charge is 2.32. The minimum Gasteiger partial charge on any atom is -0.465 e. The van der Waals surface area contributed by atoms with Gasteiger partial charge in [0.05, 0.1) is 18.2 Å². The van der Waals surface area contributed by atoms with E-state index in [9.17, 15) is 4.79 Å². The number of rotatable bonds is 3. The molecule has 24 heavy (non-hydrogen) atoms. The Hall–Kier alpha value is -1.81. The number of aromatic nitrogens is 1. The fraction of sp³-hybridized carbons (Fsp3) is 0.550. The summed E-state index contributed by atoms with van der Waals surface area (Å²) in [5, 5.41) is 1.19. The van der Waals surface area contributed by atoms with Gasteiger partial charge >= 0.3 is 5.97 Å². The molecule has 1 aromatic carbocycles. The monoisotopic (exact) mass is 328 g/mol. The molecule has 0 spiro atoms. The number of esters is 1. The van der Waals surface area contributed by atoms with Crippen LogP contribution >= 0.6 is 0 Å². The second kappa shape index (κ2) is 6.25. The summed E-state index contributed by atoms with van der Waals surface area (Å²) in [7, 11) is 1.44. The maximum absolute atomic E-state index is 12.3. The van der Waals surface area contributed by atoms with Crippen LogP contribution in [0.5, 0.6) is 0 Å². The zero-order valence-corrected chi connectivity index (χ0v) is 15.2. The van der Waals surface area contributed by atoms with Crippen LogP contribution in [0.15, 0.2) is 18.2 Å². The molecule has 0 bridgehead atoms. The first-order valence-corrected chi connectivity index (χ1v) is 8.79. The zero-order valence-electron chi connectivity index (χ0n) is 15.2. The van der Waals surface area contributed by atoms with Crippen molar-refractivity contribution in [3.8, 4) is 0 Å². The predicted molar refractivity (Wildman–Crippen MR) is 97.3 cm³/mol. The second-order valence-electron chi connectivity index (χ2n) is 7.86. The Labute approximate surface area is 144 Å². The number of nitrogens with zero attached hydrogens (tertiary/aromatic N) is 1. The molecule has 1 heterocycles. The summed E-state index contributed by atoms with van der Waals surface area (Å²) >= 11 is 0. The van der Waals surface area contributed by atoms with Gasteiger partial charge in [-0.05, 0) is 42.2 Å². The Balaban J connectivity index is 2.22. The molecule has 0 radical (unpaired) electrons. The maximum Gasteiger partial charge on any atom is 0.340 e. The molecule has 0 aliphatic heterocycles.